The zero-order valence-corrected chi connectivity index (χ0v) is 19.4. The van der Waals surface area contributed by atoms with Crippen LogP contribution in [0.2, 0.25) is 0 Å². The lowest BCUT2D eigenvalue weighted by Gasteiger charge is -2.36. The molecule has 0 radical (unpaired) electrons. The second-order valence-electron chi connectivity index (χ2n) is 6.94. The Morgan fingerprint density at radius 1 is 1.19 bits per heavy atom. The quantitative estimate of drug-likeness (QED) is 0.418. The van der Waals surface area contributed by atoms with Crippen molar-refractivity contribution < 1.29 is 19.1 Å². The highest BCUT2D eigenvalue weighted by Crippen LogP contribution is 2.37. The summed E-state index contributed by atoms with van der Waals surface area (Å²) in [5.41, 5.74) is 1.44. The first-order valence-electron chi connectivity index (χ1n) is 9.67. The van der Waals surface area contributed by atoms with E-state index in [1.807, 2.05) is 35.2 Å². The molecule has 2 aromatic carbocycles. The second kappa shape index (κ2) is 9.90. The first kappa shape index (κ1) is 22.6. The minimum absolute atomic E-state index is 0.115. The summed E-state index contributed by atoms with van der Waals surface area (Å²) in [5.74, 6) is -0.659. The third kappa shape index (κ3) is 4.90. The van der Waals surface area contributed by atoms with Crippen LogP contribution in [0.3, 0.4) is 0 Å². The van der Waals surface area contributed by atoms with Gasteiger partial charge in [-0.2, -0.15) is 0 Å². The number of nitrogens with zero attached hydrogens (tertiary/aromatic N) is 1. The van der Waals surface area contributed by atoms with Crippen LogP contribution in [0.1, 0.15) is 10.4 Å². The average Bonchev–Trinajstić information content (AvgIpc) is 3.14. The number of hydrogen-bond donors (Lipinski definition) is 3. The number of anilines is 2. The highest BCUT2D eigenvalue weighted by molar-refractivity contribution is 8.24. The van der Waals surface area contributed by atoms with Crippen molar-refractivity contribution >= 4 is 69.2 Å². The van der Waals surface area contributed by atoms with Crippen LogP contribution < -0.4 is 20.9 Å². The van der Waals surface area contributed by atoms with Crippen molar-refractivity contribution in [3.63, 3.8) is 0 Å². The number of methoxy groups -OCH3 is 1. The van der Waals surface area contributed by atoms with Crippen LogP contribution in [0.15, 0.2) is 54.6 Å². The van der Waals surface area contributed by atoms with Crippen molar-refractivity contribution in [2.45, 2.75) is 16.9 Å². The van der Waals surface area contributed by atoms with E-state index in [-0.39, 0.29) is 29.0 Å². The predicted molar refractivity (Wildman–Crippen MR) is 131 cm³/mol. The molecule has 3 N–H and O–H groups in total. The Balaban J connectivity index is 1.35. The van der Waals surface area contributed by atoms with E-state index in [2.05, 4.69) is 20.7 Å². The van der Waals surface area contributed by atoms with E-state index in [1.54, 1.807) is 24.3 Å². The van der Waals surface area contributed by atoms with Gasteiger partial charge >= 0.3 is 5.97 Å². The molecule has 2 aromatic rings. The summed E-state index contributed by atoms with van der Waals surface area (Å²) in [6, 6.07) is 16.1. The maximum absolute atomic E-state index is 12.6. The number of amides is 2. The molecule has 2 aliphatic heterocycles. The van der Waals surface area contributed by atoms with Crippen molar-refractivity contribution in [2.24, 2.45) is 0 Å². The lowest BCUT2D eigenvalue weighted by Crippen LogP contribution is -2.64. The summed E-state index contributed by atoms with van der Waals surface area (Å²) in [6.45, 7) is 0. The Kier molecular flexibility index (Phi) is 6.99. The molecule has 2 amide bonds. The zero-order chi connectivity index (χ0) is 22.7. The molecule has 3 atom stereocenters. The second-order valence-corrected chi connectivity index (χ2v) is 9.81. The third-order valence-electron chi connectivity index (χ3n) is 4.85. The van der Waals surface area contributed by atoms with E-state index in [1.165, 1.54) is 30.6 Å². The molecule has 4 rings (SSSR count). The molecule has 0 bridgehead atoms. The number of thioether (sulfide) groups is 2. The van der Waals surface area contributed by atoms with Gasteiger partial charge in [-0.15, -0.1) is 11.8 Å². The molecule has 0 spiro atoms. The molecule has 0 aliphatic carbocycles. The third-order valence-corrected chi connectivity index (χ3v) is 7.47. The van der Waals surface area contributed by atoms with Gasteiger partial charge in [-0.1, -0.05) is 42.2 Å². The number of thiocarbonyl (C=S) groups is 1. The van der Waals surface area contributed by atoms with Gasteiger partial charge in [-0.3, -0.25) is 14.9 Å². The van der Waals surface area contributed by atoms with E-state index >= 15 is 0 Å². The number of nitrogens with one attached hydrogen (secondary N) is 3. The number of ether oxygens (including phenoxy) is 1. The molecule has 2 saturated heterocycles. The number of benzene rings is 2. The smallest absolute Gasteiger partial charge is 0.337 e. The molecular weight excluding hydrogens is 468 g/mol. The Labute approximate surface area is 198 Å². The minimum atomic E-state index is -0.441. The van der Waals surface area contributed by atoms with Crippen molar-refractivity contribution in [2.75, 3.05) is 23.1 Å². The molecule has 0 aromatic heterocycles. The van der Waals surface area contributed by atoms with Gasteiger partial charge in [0.15, 0.2) is 0 Å². The van der Waals surface area contributed by atoms with Gasteiger partial charge in [0.25, 0.3) is 0 Å². The number of fused-ring (bicyclic) bond motifs is 1. The highest BCUT2D eigenvalue weighted by atomic mass is 32.2. The van der Waals surface area contributed by atoms with Crippen LogP contribution in [0, 0.1) is 0 Å². The van der Waals surface area contributed by atoms with Gasteiger partial charge in [0.2, 0.25) is 11.8 Å². The largest absolute Gasteiger partial charge is 0.465 e. The fourth-order valence-corrected chi connectivity index (χ4v) is 5.76. The van der Waals surface area contributed by atoms with E-state index in [0.29, 0.717) is 15.6 Å². The Bertz CT molecular complexity index is 1040. The molecule has 11 heteroatoms. The lowest BCUT2D eigenvalue weighted by molar-refractivity contribution is -0.122. The van der Waals surface area contributed by atoms with E-state index < -0.39 is 11.5 Å². The van der Waals surface area contributed by atoms with Crippen molar-refractivity contribution in [3.8, 4) is 0 Å². The fraction of sp³-hybridized carbons (Fsp3) is 0.238. The van der Waals surface area contributed by atoms with Crippen LogP contribution in [-0.4, -0.2) is 51.9 Å². The first-order valence-corrected chi connectivity index (χ1v) is 12.0. The Morgan fingerprint density at radius 2 is 1.91 bits per heavy atom. The summed E-state index contributed by atoms with van der Waals surface area (Å²) in [4.78, 5) is 38.5. The topological polar surface area (TPSA) is 99.8 Å². The molecule has 2 aliphatic rings. The van der Waals surface area contributed by atoms with Gasteiger partial charge in [0.1, 0.15) is 21.2 Å². The van der Waals surface area contributed by atoms with E-state index in [9.17, 15) is 14.4 Å². The molecule has 2 fully saturated rings. The molecule has 32 heavy (non-hydrogen) atoms. The zero-order valence-electron chi connectivity index (χ0n) is 16.9. The predicted octanol–water partition coefficient (Wildman–Crippen LogP) is 2.38. The SMILES string of the molecule is COC(=O)c1ccc(NC(=O)CSC2NC(=O)C3SC(=S)N(c4ccccc4)C3N2)cc1. The summed E-state index contributed by atoms with van der Waals surface area (Å²) in [7, 11) is 1.31. The summed E-state index contributed by atoms with van der Waals surface area (Å²) >= 11 is 8.14. The number of esters is 1. The van der Waals surface area contributed by atoms with Crippen LogP contribution in [0.5, 0.6) is 0 Å². The number of carbonyl (C=O) groups is 3. The first-order chi connectivity index (χ1) is 15.5. The van der Waals surface area contributed by atoms with Crippen LogP contribution in [0.25, 0.3) is 0 Å². The number of carbonyl (C=O) groups excluding carboxylic acids is 3. The molecule has 0 saturated carbocycles. The number of rotatable bonds is 6. The van der Waals surface area contributed by atoms with Gasteiger partial charge in [-0.05, 0) is 36.4 Å². The Hall–Kier alpha value is -2.60. The minimum Gasteiger partial charge on any atom is -0.465 e. The number of para-hydroxylation sites is 1. The fourth-order valence-electron chi connectivity index (χ4n) is 3.35. The average molecular weight is 489 g/mol. The highest BCUT2D eigenvalue weighted by Gasteiger charge is 2.47. The van der Waals surface area contributed by atoms with Crippen LogP contribution in [-0.2, 0) is 14.3 Å². The van der Waals surface area contributed by atoms with Crippen molar-refractivity contribution in [3.05, 3.63) is 60.2 Å². The maximum atomic E-state index is 12.6. The van der Waals surface area contributed by atoms with Gasteiger partial charge in [0.05, 0.1) is 18.4 Å². The van der Waals surface area contributed by atoms with Crippen molar-refractivity contribution in [1.82, 2.24) is 10.6 Å². The van der Waals surface area contributed by atoms with Gasteiger partial charge in [-0.25, -0.2) is 4.79 Å². The molecule has 3 unspecified atom stereocenters. The lowest BCUT2D eigenvalue weighted by atomic mass is 10.2. The standard InChI is InChI=1S/C21H20N4O4S3/c1-29-19(28)12-7-9-13(10-8-12)22-15(26)11-31-20-23-17-16(18(27)24-20)32-21(30)25(17)14-5-3-2-4-6-14/h2-10,16-17,20,23H,11H2,1H3,(H,22,26)(H,24,27). The Morgan fingerprint density at radius 3 is 2.59 bits per heavy atom. The summed E-state index contributed by atoms with van der Waals surface area (Å²) in [5, 5.41) is 8.71. The summed E-state index contributed by atoms with van der Waals surface area (Å²) < 4.78 is 5.29. The van der Waals surface area contributed by atoms with Crippen LogP contribution >= 0.6 is 35.7 Å². The van der Waals surface area contributed by atoms with Crippen molar-refractivity contribution in [1.29, 1.82) is 0 Å². The number of hydrogen-bond acceptors (Lipinski definition) is 8. The van der Waals surface area contributed by atoms with Crippen LogP contribution in [0.4, 0.5) is 11.4 Å². The van der Waals surface area contributed by atoms with E-state index in [4.69, 9.17) is 12.2 Å². The molecular formula is C21H20N4O4S3. The van der Waals surface area contributed by atoms with Gasteiger partial charge < -0.3 is 20.3 Å². The molecule has 8 nitrogen and oxygen atoms in total. The normalized spacial score (nSPS) is 22.2. The maximum Gasteiger partial charge on any atom is 0.337 e. The van der Waals surface area contributed by atoms with Gasteiger partial charge in [0, 0.05) is 11.4 Å². The summed E-state index contributed by atoms with van der Waals surface area (Å²) in [6.07, 6.45) is -0.296. The monoisotopic (exact) mass is 488 g/mol. The molecule has 166 valence electrons. The molecule has 2 heterocycles. The van der Waals surface area contributed by atoms with E-state index in [0.717, 1.165) is 5.69 Å².